The normalized spacial score (nSPS) is 14.0. The minimum Gasteiger partial charge on any atom is -0.360 e. The average molecular weight is 463 g/mol. The molecule has 0 radical (unpaired) electrons. The zero-order chi connectivity index (χ0) is 21.8. The zero-order valence-corrected chi connectivity index (χ0v) is 18.2. The van der Waals surface area contributed by atoms with Gasteiger partial charge in [0.15, 0.2) is 10.2 Å². The molecule has 2 amide bonds. The number of nitrogens with zero attached hydrogens (tertiary/aromatic N) is 5. The Morgan fingerprint density at radius 2 is 2.03 bits per heavy atom. The molecule has 162 valence electrons. The number of aromatic nitrogens is 3. The van der Waals surface area contributed by atoms with Crippen molar-refractivity contribution in [1.29, 1.82) is 0 Å². The maximum atomic E-state index is 13.4. The lowest BCUT2D eigenvalue weighted by Gasteiger charge is -2.34. The molecule has 1 saturated heterocycles. The first-order valence-corrected chi connectivity index (χ1v) is 11.3. The zero-order valence-electron chi connectivity index (χ0n) is 16.6. The Morgan fingerprint density at radius 3 is 2.74 bits per heavy atom. The van der Waals surface area contributed by atoms with E-state index in [-0.39, 0.29) is 17.6 Å². The Kier molecular flexibility index (Phi) is 6.47. The minimum atomic E-state index is -0.423. The third-order valence-corrected chi connectivity index (χ3v) is 6.64. The van der Waals surface area contributed by atoms with Crippen molar-refractivity contribution in [3.63, 3.8) is 0 Å². The summed E-state index contributed by atoms with van der Waals surface area (Å²) in [6.45, 7) is 3.98. The van der Waals surface area contributed by atoms with Gasteiger partial charge in [-0.15, -0.1) is 10.2 Å². The second-order valence-corrected chi connectivity index (χ2v) is 8.98. The van der Waals surface area contributed by atoms with Crippen LogP contribution in [0.5, 0.6) is 0 Å². The van der Waals surface area contributed by atoms with Gasteiger partial charge in [0.25, 0.3) is 5.91 Å². The standard InChI is InChI=1S/C19H19FN6O3S2/c1-12-9-15(24-29-12)21-16(27)11-30-19-23-22-18(31-19)26-7-5-25(6-8-26)17(28)13-3-2-4-14(20)10-13/h2-4,9-10H,5-8,11H2,1H3,(H,21,24,27). The number of carbonyl (C=O) groups excluding carboxylic acids is 2. The second kappa shape index (κ2) is 9.43. The summed E-state index contributed by atoms with van der Waals surface area (Å²) in [5.41, 5.74) is 0.349. The van der Waals surface area contributed by atoms with E-state index >= 15 is 0 Å². The first-order chi connectivity index (χ1) is 15.0. The molecule has 0 bridgehead atoms. The number of hydrogen-bond donors (Lipinski definition) is 1. The summed E-state index contributed by atoms with van der Waals surface area (Å²) < 4.78 is 19.0. The molecular formula is C19H19FN6O3S2. The number of hydrogen-bond acceptors (Lipinski definition) is 9. The SMILES string of the molecule is Cc1cc(NC(=O)CSc2nnc(N3CCN(C(=O)c4cccc(F)c4)CC3)s2)no1. The molecule has 0 unspecified atom stereocenters. The highest BCUT2D eigenvalue weighted by Gasteiger charge is 2.24. The number of thioether (sulfide) groups is 1. The van der Waals surface area contributed by atoms with Gasteiger partial charge in [0.2, 0.25) is 11.0 Å². The van der Waals surface area contributed by atoms with Gasteiger partial charge in [0.1, 0.15) is 11.6 Å². The average Bonchev–Trinajstić information content (AvgIpc) is 3.41. The molecule has 3 heterocycles. The van der Waals surface area contributed by atoms with Crippen LogP contribution in [0.25, 0.3) is 0 Å². The third kappa shape index (κ3) is 5.39. The quantitative estimate of drug-likeness (QED) is 0.558. The van der Waals surface area contributed by atoms with Crippen LogP contribution in [0.3, 0.4) is 0 Å². The van der Waals surface area contributed by atoms with E-state index in [1.807, 2.05) is 0 Å². The molecule has 31 heavy (non-hydrogen) atoms. The van der Waals surface area contributed by atoms with Crippen LogP contribution in [0.1, 0.15) is 16.1 Å². The van der Waals surface area contributed by atoms with Gasteiger partial charge in [-0.05, 0) is 25.1 Å². The van der Waals surface area contributed by atoms with Gasteiger partial charge >= 0.3 is 0 Å². The summed E-state index contributed by atoms with van der Waals surface area (Å²) in [5, 5.41) is 15.5. The predicted octanol–water partition coefficient (Wildman–Crippen LogP) is 2.67. The van der Waals surface area contributed by atoms with E-state index in [0.29, 0.717) is 47.7 Å². The molecule has 1 aliphatic rings. The van der Waals surface area contributed by atoms with E-state index in [9.17, 15) is 14.0 Å². The van der Waals surface area contributed by atoms with Gasteiger partial charge in [-0.2, -0.15) is 0 Å². The van der Waals surface area contributed by atoms with E-state index in [4.69, 9.17) is 4.52 Å². The van der Waals surface area contributed by atoms with Crippen LogP contribution in [-0.4, -0.2) is 64.0 Å². The molecule has 2 aromatic heterocycles. The molecule has 0 spiro atoms. The Bertz CT molecular complexity index is 1080. The fourth-order valence-corrected chi connectivity index (χ4v) is 4.72. The van der Waals surface area contributed by atoms with Crippen molar-refractivity contribution in [2.45, 2.75) is 11.3 Å². The Hall–Kier alpha value is -2.99. The summed E-state index contributed by atoms with van der Waals surface area (Å²) in [7, 11) is 0. The Balaban J connectivity index is 1.26. The van der Waals surface area contributed by atoms with Gasteiger partial charge < -0.3 is 19.6 Å². The maximum Gasteiger partial charge on any atom is 0.254 e. The predicted molar refractivity (Wildman–Crippen MR) is 115 cm³/mol. The molecule has 0 aliphatic carbocycles. The number of halogens is 1. The van der Waals surface area contributed by atoms with Crippen LogP contribution in [0.4, 0.5) is 15.3 Å². The van der Waals surface area contributed by atoms with Crippen LogP contribution < -0.4 is 10.2 Å². The van der Waals surface area contributed by atoms with Crippen molar-refractivity contribution >= 4 is 45.9 Å². The summed E-state index contributed by atoms with van der Waals surface area (Å²) >= 11 is 2.69. The largest absolute Gasteiger partial charge is 0.360 e. The molecule has 0 saturated carbocycles. The van der Waals surface area contributed by atoms with E-state index < -0.39 is 5.82 Å². The molecule has 0 atom stereocenters. The summed E-state index contributed by atoms with van der Waals surface area (Å²) in [4.78, 5) is 28.3. The second-order valence-electron chi connectivity index (χ2n) is 6.80. The Morgan fingerprint density at radius 1 is 1.23 bits per heavy atom. The van der Waals surface area contributed by atoms with Crippen LogP contribution in [-0.2, 0) is 4.79 Å². The van der Waals surface area contributed by atoms with Crippen molar-refractivity contribution in [1.82, 2.24) is 20.3 Å². The smallest absolute Gasteiger partial charge is 0.254 e. The van der Waals surface area contributed by atoms with Gasteiger partial charge in [-0.25, -0.2) is 4.39 Å². The first kappa shape index (κ1) is 21.2. The van der Waals surface area contributed by atoms with Crippen LogP contribution in [0.15, 0.2) is 39.2 Å². The lowest BCUT2D eigenvalue weighted by atomic mass is 10.2. The van der Waals surface area contributed by atoms with E-state index in [1.165, 1.54) is 41.3 Å². The topological polar surface area (TPSA) is 104 Å². The molecule has 1 aromatic carbocycles. The number of rotatable bonds is 6. The van der Waals surface area contributed by atoms with Crippen molar-refractivity contribution in [2.24, 2.45) is 0 Å². The summed E-state index contributed by atoms with van der Waals surface area (Å²) in [5.74, 6) is 0.367. The number of piperazine rings is 1. The molecular weight excluding hydrogens is 443 g/mol. The van der Waals surface area contributed by atoms with E-state index in [1.54, 1.807) is 24.0 Å². The van der Waals surface area contributed by atoms with Gasteiger partial charge in [-0.3, -0.25) is 9.59 Å². The van der Waals surface area contributed by atoms with Crippen molar-refractivity contribution in [2.75, 3.05) is 42.1 Å². The van der Waals surface area contributed by atoms with Crippen LogP contribution in [0.2, 0.25) is 0 Å². The monoisotopic (exact) mass is 462 g/mol. The Labute approximate surface area is 185 Å². The summed E-state index contributed by atoms with van der Waals surface area (Å²) in [6, 6.07) is 7.37. The number of benzene rings is 1. The van der Waals surface area contributed by atoms with Crippen molar-refractivity contribution < 1.29 is 18.5 Å². The summed E-state index contributed by atoms with van der Waals surface area (Å²) in [6.07, 6.45) is 0. The highest BCUT2D eigenvalue weighted by molar-refractivity contribution is 8.01. The highest BCUT2D eigenvalue weighted by atomic mass is 32.2. The molecule has 1 aliphatic heterocycles. The van der Waals surface area contributed by atoms with Crippen molar-refractivity contribution in [3.8, 4) is 0 Å². The van der Waals surface area contributed by atoms with Crippen molar-refractivity contribution in [3.05, 3.63) is 47.5 Å². The fourth-order valence-electron chi connectivity index (χ4n) is 3.03. The van der Waals surface area contributed by atoms with E-state index in [2.05, 4.69) is 25.6 Å². The van der Waals surface area contributed by atoms with Gasteiger partial charge in [0, 0.05) is 37.8 Å². The van der Waals surface area contributed by atoms with Crippen LogP contribution in [0, 0.1) is 12.7 Å². The lowest BCUT2D eigenvalue weighted by molar-refractivity contribution is -0.113. The van der Waals surface area contributed by atoms with E-state index in [0.717, 1.165) is 5.13 Å². The molecule has 12 heteroatoms. The number of amides is 2. The van der Waals surface area contributed by atoms with Crippen LogP contribution >= 0.6 is 23.1 Å². The third-order valence-electron chi connectivity index (χ3n) is 4.53. The first-order valence-electron chi connectivity index (χ1n) is 9.47. The number of aryl methyl sites for hydroxylation is 1. The molecule has 9 nitrogen and oxygen atoms in total. The number of nitrogens with one attached hydrogen (secondary N) is 1. The molecule has 4 rings (SSSR count). The fraction of sp³-hybridized carbons (Fsp3) is 0.316. The maximum absolute atomic E-state index is 13.4. The molecule has 3 aromatic rings. The van der Waals surface area contributed by atoms with Gasteiger partial charge in [-0.1, -0.05) is 34.3 Å². The molecule has 1 fully saturated rings. The van der Waals surface area contributed by atoms with Gasteiger partial charge in [0.05, 0.1) is 5.75 Å². The highest BCUT2D eigenvalue weighted by Crippen LogP contribution is 2.29. The lowest BCUT2D eigenvalue weighted by Crippen LogP contribution is -2.48. The minimum absolute atomic E-state index is 0.177. The molecule has 1 N–H and O–H groups in total. The number of anilines is 2. The number of carbonyl (C=O) groups is 2.